The minimum Gasteiger partial charge on any atom is -0.374 e. The maximum absolute atomic E-state index is 12.9. The molecule has 1 unspecified atom stereocenters. The molecule has 12 heavy (non-hydrogen) atoms. The molecule has 0 amide bonds. The predicted molar refractivity (Wildman–Crippen MR) is 49.4 cm³/mol. The molecule has 0 saturated heterocycles. The van der Waals surface area contributed by atoms with E-state index in [0.29, 0.717) is 10.2 Å². The third-order valence-electron chi connectivity index (χ3n) is 1.30. The number of hydrogen-bond acceptors (Lipinski definition) is 2. The molecule has 2 nitrogen and oxygen atoms in total. The molecule has 1 rings (SSSR count). The summed E-state index contributed by atoms with van der Waals surface area (Å²) in [6, 6.07) is 4.58. The molecular weight excluding hydrogens is 225 g/mol. The minimum atomic E-state index is -0.675. The largest absolute Gasteiger partial charge is 0.374 e. The van der Waals surface area contributed by atoms with E-state index in [1.54, 1.807) is 19.1 Å². The highest BCUT2D eigenvalue weighted by molar-refractivity contribution is 9.10. The fraction of sp³-hybridized carbons (Fsp3) is 0.250. The Morgan fingerprint density at radius 1 is 1.58 bits per heavy atom. The SMILES string of the molecule is CC(O)Nc1ccc(Br)c(F)c1. The van der Waals surface area contributed by atoms with Gasteiger partial charge >= 0.3 is 0 Å². The van der Waals surface area contributed by atoms with Gasteiger partial charge in [0.25, 0.3) is 0 Å². The van der Waals surface area contributed by atoms with Crippen LogP contribution in [0.15, 0.2) is 22.7 Å². The smallest absolute Gasteiger partial charge is 0.139 e. The van der Waals surface area contributed by atoms with Crippen molar-refractivity contribution in [3.63, 3.8) is 0 Å². The monoisotopic (exact) mass is 233 g/mol. The fourth-order valence-electron chi connectivity index (χ4n) is 0.827. The van der Waals surface area contributed by atoms with E-state index in [9.17, 15) is 4.39 Å². The van der Waals surface area contributed by atoms with Crippen LogP contribution in [0, 0.1) is 5.82 Å². The van der Waals surface area contributed by atoms with Gasteiger partial charge in [0.2, 0.25) is 0 Å². The summed E-state index contributed by atoms with van der Waals surface area (Å²) in [6.45, 7) is 1.57. The van der Waals surface area contributed by atoms with Crippen LogP contribution in [0.5, 0.6) is 0 Å². The van der Waals surface area contributed by atoms with Gasteiger partial charge in [0.05, 0.1) is 4.47 Å². The predicted octanol–water partition coefficient (Wildman–Crippen LogP) is 2.34. The first-order valence-corrected chi connectivity index (χ1v) is 4.28. The van der Waals surface area contributed by atoms with Gasteiger partial charge in [-0.05, 0) is 41.1 Å². The molecule has 0 heterocycles. The van der Waals surface area contributed by atoms with Gasteiger partial charge in [-0.2, -0.15) is 0 Å². The Hall–Kier alpha value is -0.610. The van der Waals surface area contributed by atoms with Crippen LogP contribution in [0.2, 0.25) is 0 Å². The first-order valence-electron chi connectivity index (χ1n) is 3.49. The van der Waals surface area contributed by atoms with Crippen molar-refractivity contribution in [1.29, 1.82) is 0 Å². The van der Waals surface area contributed by atoms with Crippen molar-refractivity contribution in [3.8, 4) is 0 Å². The zero-order valence-corrected chi connectivity index (χ0v) is 8.10. The average Bonchev–Trinajstić information content (AvgIpc) is 1.96. The van der Waals surface area contributed by atoms with Gasteiger partial charge in [-0.1, -0.05) is 0 Å². The average molecular weight is 234 g/mol. The number of benzene rings is 1. The van der Waals surface area contributed by atoms with E-state index in [-0.39, 0.29) is 5.82 Å². The maximum atomic E-state index is 12.9. The van der Waals surface area contributed by atoms with Crippen LogP contribution in [-0.2, 0) is 0 Å². The molecule has 0 fully saturated rings. The Morgan fingerprint density at radius 2 is 2.25 bits per heavy atom. The third-order valence-corrected chi connectivity index (χ3v) is 1.94. The highest BCUT2D eigenvalue weighted by Gasteiger charge is 2.01. The quantitative estimate of drug-likeness (QED) is 0.769. The fourth-order valence-corrected chi connectivity index (χ4v) is 1.07. The minimum absolute atomic E-state index is 0.347. The summed E-state index contributed by atoms with van der Waals surface area (Å²) in [7, 11) is 0. The van der Waals surface area contributed by atoms with E-state index >= 15 is 0 Å². The zero-order valence-electron chi connectivity index (χ0n) is 6.51. The maximum Gasteiger partial charge on any atom is 0.139 e. The number of rotatable bonds is 2. The molecule has 1 aromatic carbocycles. The number of nitrogens with one attached hydrogen (secondary N) is 1. The summed E-state index contributed by atoms with van der Waals surface area (Å²) in [6.07, 6.45) is -0.675. The van der Waals surface area contributed by atoms with Gasteiger partial charge in [0.1, 0.15) is 12.0 Å². The Balaban J connectivity index is 2.82. The number of halogens is 2. The molecule has 0 aliphatic heterocycles. The van der Waals surface area contributed by atoms with Crippen LogP contribution in [0.4, 0.5) is 10.1 Å². The van der Waals surface area contributed by atoms with Crippen LogP contribution in [-0.4, -0.2) is 11.3 Å². The molecule has 0 spiro atoms. The highest BCUT2D eigenvalue weighted by atomic mass is 79.9. The summed E-state index contributed by atoms with van der Waals surface area (Å²) in [5.41, 5.74) is 0.561. The lowest BCUT2D eigenvalue weighted by molar-refractivity contribution is 0.224. The summed E-state index contributed by atoms with van der Waals surface area (Å²) in [5.74, 6) is -0.347. The molecule has 4 heteroatoms. The molecule has 0 aromatic heterocycles. The number of hydrogen-bond donors (Lipinski definition) is 2. The van der Waals surface area contributed by atoms with Crippen molar-refractivity contribution in [3.05, 3.63) is 28.5 Å². The highest BCUT2D eigenvalue weighted by Crippen LogP contribution is 2.19. The normalized spacial score (nSPS) is 12.7. The lowest BCUT2D eigenvalue weighted by Gasteiger charge is -2.08. The van der Waals surface area contributed by atoms with E-state index in [0.717, 1.165) is 0 Å². The lowest BCUT2D eigenvalue weighted by atomic mass is 10.3. The molecule has 0 bridgehead atoms. The third kappa shape index (κ3) is 2.46. The van der Waals surface area contributed by atoms with Crippen LogP contribution in [0.3, 0.4) is 0 Å². The molecule has 0 radical (unpaired) electrons. The first-order chi connectivity index (χ1) is 5.59. The van der Waals surface area contributed by atoms with Crippen LogP contribution < -0.4 is 5.32 Å². The second-order valence-corrected chi connectivity index (χ2v) is 3.30. The summed E-state index contributed by atoms with van der Waals surface area (Å²) in [5, 5.41) is 11.6. The molecule has 0 saturated carbocycles. The number of aliphatic hydroxyl groups excluding tert-OH is 1. The second-order valence-electron chi connectivity index (χ2n) is 2.45. The van der Waals surface area contributed by atoms with E-state index in [4.69, 9.17) is 5.11 Å². The van der Waals surface area contributed by atoms with E-state index < -0.39 is 6.23 Å². The van der Waals surface area contributed by atoms with Gasteiger partial charge in [0, 0.05) is 5.69 Å². The molecule has 1 atom stereocenters. The molecular formula is C8H9BrFNO. The van der Waals surface area contributed by atoms with Crippen molar-refractivity contribution in [2.24, 2.45) is 0 Å². The number of aliphatic hydroxyl groups is 1. The van der Waals surface area contributed by atoms with E-state index in [1.807, 2.05) is 0 Å². The Morgan fingerprint density at radius 3 is 2.75 bits per heavy atom. The Bertz CT molecular complexity index is 278. The Kier molecular flexibility index (Phi) is 3.05. The molecule has 2 N–H and O–H groups in total. The van der Waals surface area contributed by atoms with Crippen molar-refractivity contribution < 1.29 is 9.50 Å². The number of anilines is 1. The van der Waals surface area contributed by atoms with Gasteiger partial charge in [-0.3, -0.25) is 0 Å². The molecule has 66 valence electrons. The van der Waals surface area contributed by atoms with E-state index in [2.05, 4.69) is 21.2 Å². The van der Waals surface area contributed by atoms with Gasteiger partial charge in [0.15, 0.2) is 0 Å². The van der Waals surface area contributed by atoms with Crippen molar-refractivity contribution in [1.82, 2.24) is 0 Å². The Labute approximate surface area is 78.5 Å². The van der Waals surface area contributed by atoms with Crippen LogP contribution >= 0.6 is 15.9 Å². The molecule has 1 aromatic rings. The van der Waals surface area contributed by atoms with Gasteiger partial charge in [-0.15, -0.1) is 0 Å². The first kappa shape index (κ1) is 9.48. The molecule has 0 aliphatic rings. The summed E-state index contributed by atoms with van der Waals surface area (Å²) < 4.78 is 13.3. The van der Waals surface area contributed by atoms with Gasteiger partial charge < -0.3 is 10.4 Å². The van der Waals surface area contributed by atoms with Gasteiger partial charge in [-0.25, -0.2) is 4.39 Å². The summed E-state index contributed by atoms with van der Waals surface area (Å²) in [4.78, 5) is 0. The van der Waals surface area contributed by atoms with Crippen molar-refractivity contribution >= 4 is 21.6 Å². The summed E-state index contributed by atoms with van der Waals surface area (Å²) >= 11 is 3.03. The van der Waals surface area contributed by atoms with Crippen LogP contribution in [0.25, 0.3) is 0 Å². The topological polar surface area (TPSA) is 32.3 Å². The van der Waals surface area contributed by atoms with Crippen molar-refractivity contribution in [2.45, 2.75) is 13.2 Å². The standard InChI is InChI=1S/C8H9BrFNO/c1-5(12)11-6-2-3-7(9)8(10)4-6/h2-5,11-12H,1H3. The van der Waals surface area contributed by atoms with Crippen LogP contribution in [0.1, 0.15) is 6.92 Å². The van der Waals surface area contributed by atoms with E-state index in [1.165, 1.54) is 6.07 Å². The van der Waals surface area contributed by atoms with Crippen molar-refractivity contribution in [2.75, 3.05) is 5.32 Å². The zero-order chi connectivity index (χ0) is 9.14. The second kappa shape index (κ2) is 3.87. The molecule has 0 aliphatic carbocycles. The lowest BCUT2D eigenvalue weighted by Crippen LogP contribution is -2.13.